The summed E-state index contributed by atoms with van der Waals surface area (Å²) < 4.78 is 0. The topological polar surface area (TPSA) is 83.8 Å². The van der Waals surface area contributed by atoms with Crippen LogP contribution in [0.4, 0.5) is 5.69 Å². The highest BCUT2D eigenvalue weighted by Crippen LogP contribution is 2.29. The Morgan fingerprint density at radius 3 is 3.06 bits per heavy atom. The molecule has 1 aromatic carbocycles. The van der Waals surface area contributed by atoms with E-state index in [1.165, 1.54) is 0 Å². The Hall–Kier alpha value is -2.04. The standard InChI is InChI=1S/C12H14N4O/c1-6-4-10(6)14-12(17)11-8-5-7(13)2-3-9(8)15-16-11/h2-3,5-6,10H,4,13H2,1H3,(H,14,17)(H,15,16). The molecular weight excluding hydrogens is 216 g/mol. The fraction of sp³-hybridized carbons (Fsp3) is 0.333. The zero-order chi connectivity index (χ0) is 12.0. The zero-order valence-electron chi connectivity index (χ0n) is 9.53. The van der Waals surface area contributed by atoms with Gasteiger partial charge >= 0.3 is 0 Å². The number of carbonyl (C=O) groups is 1. The third-order valence-electron chi connectivity index (χ3n) is 3.23. The molecule has 0 bridgehead atoms. The average molecular weight is 230 g/mol. The van der Waals surface area contributed by atoms with Gasteiger partial charge in [0, 0.05) is 17.1 Å². The Morgan fingerprint density at radius 1 is 1.59 bits per heavy atom. The number of H-pyrrole nitrogens is 1. The van der Waals surface area contributed by atoms with Gasteiger partial charge < -0.3 is 11.1 Å². The van der Waals surface area contributed by atoms with Crippen LogP contribution in [0.2, 0.25) is 0 Å². The SMILES string of the molecule is CC1CC1NC(=O)c1n[nH]c2ccc(N)cc12. The Bertz CT molecular complexity index is 589. The van der Waals surface area contributed by atoms with Crippen molar-refractivity contribution in [2.24, 2.45) is 5.92 Å². The van der Waals surface area contributed by atoms with E-state index >= 15 is 0 Å². The van der Waals surface area contributed by atoms with Crippen molar-refractivity contribution in [3.8, 4) is 0 Å². The van der Waals surface area contributed by atoms with Crippen LogP contribution in [0.3, 0.4) is 0 Å². The van der Waals surface area contributed by atoms with E-state index in [9.17, 15) is 4.79 Å². The van der Waals surface area contributed by atoms with Crippen LogP contribution in [0.15, 0.2) is 18.2 Å². The number of hydrogen-bond donors (Lipinski definition) is 3. The minimum atomic E-state index is -0.129. The number of nitrogens with two attached hydrogens (primary N) is 1. The number of aromatic amines is 1. The molecule has 0 radical (unpaired) electrons. The number of nitrogens with one attached hydrogen (secondary N) is 2. The van der Waals surface area contributed by atoms with E-state index in [1.807, 2.05) is 6.07 Å². The third kappa shape index (κ3) is 1.73. The van der Waals surface area contributed by atoms with Crippen LogP contribution in [0.1, 0.15) is 23.8 Å². The maximum Gasteiger partial charge on any atom is 0.272 e. The van der Waals surface area contributed by atoms with Gasteiger partial charge in [0.15, 0.2) is 5.69 Å². The number of nitrogens with zero attached hydrogens (tertiary/aromatic N) is 1. The third-order valence-corrected chi connectivity index (χ3v) is 3.23. The first-order valence-corrected chi connectivity index (χ1v) is 5.69. The van der Waals surface area contributed by atoms with Crippen molar-refractivity contribution in [3.05, 3.63) is 23.9 Å². The first-order valence-electron chi connectivity index (χ1n) is 5.69. The van der Waals surface area contributed by atoms with E-state index in [2.05, 4.69) is 22.4 Å². The van der Waals surface area contributed by atoms with Crippen molar-refractivity contribution < 1.29 is 4.79 Å². The van der Waals surface area contributed by atoms with Crippen molar-refractivity contribution >= 4 is 22.5 Å². The molecule has 5 heteroatoms. The molecule has 3 rings (SSSR count). The molecule has 1 saturated carbocycles. The average Bonchev–Trinajstić information content (AvgIpc) is 2.83. The molecule has 1 amide bonds. The van der Waals surface area contributed by atoms with Gasteiger partial charge in [0.1, 0.15) is 0 Å². The summed E-state index contributed by atoms with van der Waals surface area (Å²) in [7, 11) is 0. The Balaban J connectivity index is 1.93. The van der Waals surface area contributed by atoms with Gasteiger partial charge in [-0.05, 0) is 30.5 Å². The Morgan fingerprint density at radius 2 is 2.35 bits per heavy atom. The van der Waals surface area contributed by atoms with Gasteiger partial charge in [0.25, 0.3) is 5.91 Å². The molecular formula is C12H14N4O. The monoisotopic (exact) mass is 230 g/mol. The molecule has 2 aromatic rings. The first-order chi connectivity index (χ1) is 8.15. The predicted octanol–water partition coefficient (Wildman–Crippen LogP) is 1.28. The summed E-state index contributed by atoms with van der Waals surface area (Å²) in [5.74, 6) is 0.449. The molecule has 4 N–H and O–H groups in total. The maximum atomic E-state index is 12.0. The van der Waals surface area contributed by atoms with E-state index < -0.39 is 0 Å². The van der Waals surface area contributed by atoms with Crippen LogP contribution in [0.25, 0.3) is 10.9 Å². The van der Waals surface area contributed by atoms with Crippen molar-refractivity contribution in [2.75, 3.05) is 5.73 Å². The Labute approximate surface area is 98.4 Å². The smallest absolute Gasteiger partial charge is 0.272 e. The fourth-order valence-corrected chi connectivity index (χ4v) is 1.96. The number of hydrogen-bond acceptors (Lipinski definition) is 3. The maximum absolute atomic E-state index is 12.0. The molecule has 2 atom stereocenters. The molecule has 5 nitrogen and oxygen atoms in total. The first kappa shape index (κ1) is 10.1. The number of amides is 1. The summed E-state index contributed by atoms with van der Waals surface area (Å²) in [5.41, 5.74) is 7.60. The number of anilines is 1. The number of carbonyl (C=O) groups excluding carboxylic acids is 1. The van der Waals surface area contributed by atoms with Crippen LogP contribution in [-0.2, 0) is 0 Å². The lowest BCUT2D eigenvalue weighted by molar-refractivity contribution is 0.0946. The van der Waals surface area contributed by atoms with E-state index in [1.54, 1.807) is 12.1 Å². The summed E-state index contributed by atoms with van der Waals surface area (Å²) in [6.07, 6.45) is 1.05. The molecule has 1 aliphatic rings. The predicted molar refractivity (Wildman–Crippen MR) is 65.5 cm³/mol. The van der Waals surface area contributed by atoms with Gasteiger partial charge in [-0.25, -0.2) is 0 Å². The number of benzene rings is 1. The highest BCUT2D eigenvalue weighted by molar-refractivity contribution is 6.05. The molecule has 1 fully saturated rings. The van der Waals surface area contributed by atoms with E-state index in [0.717, 1.165) is 17.3 Å². The summed E-state index contributed by atoms with van der Waals surface area (Å²) in [6, 6.07) is 5.68. The molecule has 0 aliphatic heterocycles. The number of aromatic nitrogens is 2. The summed E-state index contributed by atoms with van der Waals surface area (Å²) >= 11 is 0. The Kier molecular flexibility index (Phi) is 2.07. The van der Waals surface area contributed by atoms with Crippen molar-refractivity contribution in [2.45, 2.75) is 19.4 Å². The molecule has 1 aliphatic carbocycles. The molecule has 88 valence electrons. The largest absolute Gasteiger partial charge is 0.399 e. The van der Waals surface area contributed by atoms with Gasteiger partial charge in [-0.1, -0.05) is 6.92 Å². The van der Waals surface area contributed by atoms with E-state index in [0.29, 0.717) is 23.3 Å². The quantitative estimate of drug-likeness (QED) is 0.679. The normalized spacial score (nSPS) is 22.6. The second-order valence-electron chi connectivity index (χ2n) is 4.67. The highest BCUT2D eigenvalue weighted by atomic mass is 16.2. The second kappa shape index (κ2) is 3.48. The molecule has 17 heavy (non-hydrogen) atoms. The number of nitrogen functional groups attached to an aromatic ring is 1. The molecule has 1 aromatic heterocycles. The van der Waals surface area contributed by atoms with E-state index in [-0.39, 0.29) is 5.91 Å². The lowest BCUT2D eigenvalue weighted by Gasteiger charge is -2.01. The van der Waals surface area contributed by atoms with Gasteiger partial charge in [-0.3, -0.25) is 9.89 Å². The summed E-state index contributed by atoms with van der Waals surface area (Å²) in [4.78, 5) is 12.0. The number of fused-ring (bicyclic) bond motifs is 1. The fourth-order valence-electron chi connectivity index (χ4n) is 1.96. The van der Waals surface area contributed by atoms with Crippen LogP contribution < -0.4 is 11.1 Å². The lowest BCUT2D eigenvalue weighted by atomic mass is 10.2. The minimum absolute atomic E-state index is 0.129. The van der Waals surface area contributed by atoms with E-state index in [4.69, 9.17) is 5.73 Å². The van der Waals surface area contributed by atoms with Crippen LogP contribution in [0.5, 0.6) is 0 Å². The molecule has 2 unspecified atom stereocenters. The minimum Gasteiger partial charge on any atom is -0.399 e. The molecule has 0 saturated heterocycles. The van der Waals surface area contributed by atoms with Crippen molar-refractivity contribution in [1.82, 2.24) is 15.5 Å². The van der Waals surface area contributed by atoms with Gasteiger partial charge in [0.2, 0.25) is 0 Å². The summed E-state index contributed by atoms with van der Waals surface area (Å²) in [5, 5.41) is 10.6. The van der Waals surface area contributed by atoms with Gasteiger partial charge in [0.05, 0.1) is 5.52 Å². The molecule has 0 spiro atoms. The summed E-state index contributed by atoms with van der Waals surface area (Å²) in [6.45, 7) is 2.12. The van der Waals surface area contributed by atoms with Crippen molar-refractivity contribution in [1.29, 1.82) is 0 Å². The highest BCUT2D eigenvalue weighted by Gasteiger charge is 2.34. The van der Waals surface area contributed by atoms with Crippen LogP contribution in [0, 0.1) is 5.92 Å². The van der Waals surface area contributed by atoms with Crippen LogP contribution >= 0.6 is 0 Å². The number of rotatable bonds is 2. The van der Waals surface area contributed by atoms with Crippen LogP contribution in [-0.4, -0.2) is 22.1 Å². The second-order valence-corrected chi connectivity index (χ2v) is 4.67. The van der Waals surface area contributed by atoms with Gasteiger partial charge in [-0.2, -0.15) is 5.10 Å². The molecule has 1 heterocycles. The van der Waals surface area contributed by atoms with Gasteiger partial charge in [-0.15, -0.1) is 0 Å². The zero-order valence-corrected chi connectivity index (χ0v) is 9.53. The van der Waals surface area contributed by atoms with Crippen molar-refractivity contribution in [3.63, 3.8) is 0 Å². The lowest BCUT2D eigenvalue weighted by Crippen LogP contribution is -2.27.